The Morgan fingerprint density at radius 1 is 1.53 bits per heavy atom. The molecule has 0 spiro atoms. The number of nitrogens with two attached hydrogens (primary N) is 1. The highest BCUT2D eigenvalue weighted by Gasteiger charge is 2.33. The van der Waals surface area contributed by atoms with Crippen LogP contribution in [0, 0.1) is 0 Å². The second-order valence-corrected chi connectivity index (χ2v) is 5.78. The number of hydrogen-bond acceptors (Lipinski definition) is 6. The minimum atomic E-state index is -0.143. The molecule has 1 aromatic heterocycles. The number of hydrogen-bond donors (Lipinski definition) is 2. The fourth-order valence-electron chi connectivity index (χ4n) is 2.40. The average molecular weight is 333 g/mol. The van der Waals surface area contributed by atoms with Gasteiger partial charge in [0, 0.05) is 26.2 Å². The summed E-state index contributed by atoms with van der Waals surface area (Å²) < 4.78 is 8.28. The highest BCUT2D eigenvalue weighted by atomic mass is 79.9. The third-order valence-electron chi connectivity index (χ3n) is 3.53. The second kappa shape index (κ2) is 6.27. The van der Waals surface area contributed by atoms with E-state index in [0.717, 1.165) is 18.8 Å². The molecule has 2 unspecified atom stereocenters. The zero-order valence-corrected chi connectivity index (χ0v) is 13.1. The Morgan fingerprint density at radius 2 is 2.26 bits per heavy atom. The quantitative estimate of drug-likeness (QED) is 0.605. The first-order valence-corrected chi connectivity index (χ1v) is 7.20. The van der Waals surface area contributed by atoms with Gasteiger partial charge in [-0.2, -0.15) is 0 Å². The van der Waals surface area contributed by atoms with Gasteiger partial charge in [0.05, 0.1) is 24.4 Å². The number of aryl methyl sites for hydroxylation is 1. The predicted octanol–water partition coefficient (Wildman–Crippen LogP) is 0.191. The van der Waals surface area contributed by atoms with Crippen LogP contribution in [0.4, 0.5) is 0 Å². The van der Waals surface area contributed by atoms with Gasteiger partial charge in [0.1, 0.15) is 0 Å². The first-order valence-electron chi connectivity index (χ1n) is 6.41. The molecule has 0 amide bonds. The monoisotopic (exact) mass is 332 g/mol. The third kappa shape index (κ3) is 3.14. The first-order chi connectivity index (χ1) is 9.04. The summed E-state index contributed by atoms with van der Waals surface area (Å²) in [5.41, 5.74) is 3.73. The first kappa shape index (κ1) is 14.9. The lowest BCUT2D eigenvalue weighted by molar-refractivity contribution is -0.0573. The smallest absolute Gasteiger partial charge is 0.153 e. The van der Waals surface area contributed by atoms with Crippen LogP contribution < -0.4 is 11.3 Å². The molecule has 0 aromatic carbocycles. The Hall–Kier alpha value is -0.540. The predicted molar refractivity (Wildman–Crippen MR) is 75.2 cm³/mol. The van der Waals surface area contributed by atoms with Crippen LogP contribution in [0.1, 0.15) is 25.6 Å². The van der Waals surface area contributed by atoms with Crippen LogP contribution >= 0.6 is 15.9 Å². The molecule has 19 heavy (non-hydrogen) atoms. The Balaban J connectivity index is 2.18. The van der Waals surface area contributed by atoms with Crippen molar-refractivity contribution in [3.8, 4) is 0 Å². The summed E-state index contributed by atoms with van der Waals surface area (Å²) in [6.45, 7) is 6.88. The molecule has 1 fully saturated rings. The second-order valence-electron chi connectivity index (χ2n) is 5.03. The van der Waals surface area contributed by atoms with E-state index in [4.69, 9.17) is 10.6 Å². The van der Waals surface area contributed by atoms with Crippen molar-refractivity contribution in [2.45, 2.75) is 32.0 Å². The van der Waals surface area contributed by atoms with E-state index in [2.05, 4.69) is 50.4 Å². The van der Waals surface area contributed by atoms with Crippen molar-refractivity contribution < 1.29 is 4.74 Å². The lowest BCUT2D eigenvalue weighted by atomic mass is 10.1. The van der Waals surface area contributed by atoms with Crippen LogP contribution in [-0.4, -0.2) is 51.7 Å². The van der Waals surface area contributed by atoms with Gasteiger partial charge in [0.15, 0.2) is 4.60 Å². The Bertz CT molecular complexity index is 404. The fraction of sp³-hybridized carbons (Fsp3) is 0.818. The van der Waals surface area contributed by atoms with Crippen molar-refractivity contribution in [3.63, 3.8) is 0 Å². The number of rotatable bonds is 4. The molecule has 108 valence electrons. The lowest BCUT2D eigenvalue weighted by Crippen LogP contribution is -2.51. The molecule has 1 aromatic rings. The average Bonchev–Trinajstić information content (AvgIpc) is 2.72. The molecule has 7 nitrogen and oxygen atoms in total. The van der Waals surface area contributed by atoms with Crippen LogP contribution in [0.5, 0.6) is 0 Å². The van der Waals surface area contributed by atoms with Crippen molar-refractivity contribution in [1.82, 2.24) is 25.3 Å². The standard InChI is InChI=1S/C11H21BrN6O/c1-7(2)18-4-5-19-8(6-18)9(14-13)10-11(12)15-16-17(10)3/h7-9,14H,4-6,13H2,1-3H3. The normalized spacial score (nSPS) is 22.9. The van der Waals surface area contributed by atoms with Gasteiger partial charge in [-0.25, -0.2) is 10.1 Å². The Kier molecular flexibility index (Phi) is 4.91. The molecule has 0 bridgehead atoms. The van der Waals surface area contributed by atoms with Crippen LogP contribution in [0.3, 0.4) is 0 Å². The maximum Gasteiger partial charge on any atom is 0.153 e. The van der Waals surface area contributed by atoms with Crippen molar-refractivity contribution >= 4 is 15.9 Å². The van der Waals surface area contributed by atoms with E-state index < -0.39 is 0 Å². The molecule has 1 saturated heterocycles. The summed E-state index contributed by atoms with van der Waals surface area (Å²) in [5, 5.41) is 7.99. The van der Waals surface area contributed by atoms with E-state index in [0.29, 0.717) is 17.3 Å². The zero-order valence-electron chi connectivity index (χ0n) is 11.5. The number of ether oxygens (including phenoxy) is 1. The topological polar surface area (TPSA) is 81.2 Å². The molecule has 0 radical (unpaired) electrons. The Labute approximate surface area is 121 Å². The number of morpholine rings is 1. The van der Waals surface area contributed by atoms with E-state index in [1.54, 1.807) is 4.68 Å². The van der Waals surface area contributed by atoms with Crippen LogP contribution in [-0.2, 0) is 11.8 Å². The highest BCUT2D eigenvalue weighted by Crippen LogP contribution is 2.26. The van der Waals surface area contributed by atoms with Gasteiger partial charge < -0.3 is 4.74 Å². The summed E-state index contributed by atoms with van der Waals surface area (Å²) in [7, 11) is 1.85. The number of nitrogens with zero attached hydrogens (tertiary/aromatic N) is 4. The van der Waals surface area contributed by atoms with E-state index in [-0.39, 0.29) is 12.1 Å². The van der Waals surface area contributed by atoms with Gasteiger partial charge in [-0.1, -0.05) is 5.21 Å². The lowest BCUT2D eigenvalue weighted by Gasteiger charge is -2.38. The SMILES string of the molecule is CC(C)N1CCOC(C(NN)c2c(Br)nnn2C)C1. The van der Waals surface area contributed by atoms with Gasteiger partial charge in [-0.15, -0.1) is 5.10 Å². The fourth-order valence-corrected chi connectivity index (χ4v) is 2.97. The minimum absolute atomic E-state index is 0.0188. The van der Waals surface area contributed by atoms with Crippen LogP contribution in [0.25, 0.3) is 0 Å². The molecular formula is C11H21BrN6O. The van der Waals surface area contributed by atoms with Gasteiger partial charge in [0.2, 0.25) is 0 Å². The van der Waals surface area contributed by atoms with Crippen molar-refractivity contribution in [1.29, 1.82) is 0 Å². The van der Waals surface area contributed by atoms with E-state index in [1.807, 2.05) is 7.05 Å². The maximum absolute atomic E-state index is 5.87. The largest absolute Gasteiger partial charge is 0.373 e. The van der Waals surface area contributed by atoms with Crippen LogP contribution in [0.15, 0.2) is 4.60 Å². The summed E-state index contributed by atoms with van der Waals surface area (Å²) in [6, 6.07) is 0.355. The number of halogens is 1. The third-order valence-corrected chi connectivity index (χ3v) is 4.09. The van der Waals surface area contributed by atoms with Crippen molar-refractivity contribution in [2.75, 3.05) is 19.7 Å². The number of aromatic nitrogens is 3. The molecule has 1 aliphatic rings. The molecule has 2 heterocycles. The van der Waals surface area contributed by atoms with E-state index >= 15 is 0 Å². The van der Waals surface area contributed by atoms with Gasteiger partial charge in [-0.05, 0) is 29.8 Å². The molecule has 2 atom stereocenters. The molecular weight excluding hydrogens is 312 g/mol. The molecule has 1 aliphatic heterocycles. The van der Waals surface area contributed by atoms with Crippen molar-refractivity contribution in [2.24, 2.45) is 12.9 Å². The Morgan fingerprint density at radius 3 is 2.79 bits per heavy atom. The summed E-state index contributed by atoms with van der Waals surface area (Å²) in [6.07, 6.45) is -0.0188. The molecule has 8 heteroatoms. The summed E-state index contributed by atoms with van der Waals surface area (Å²) >= 11 is 3.41. The van der Waals surface area contributed by atoms with E-state index in [1.165, 1.54) is 0 Å². The maximum atomic E-state index is 5.87. The number of nitrogens with one attached hydrogen (secondary N) is 1. The molecule has 0 saturated carbocycles. The van der Waals surface area contributed by atoms with Crippen LogP contribution in [0.2, 0.25) is 0 Å². The van der Waals surface area contributed by atoms with Gasteiger partial charge in [0.25, 0.3) is 0 Å². The zero-order chi connectivity index (χ0) is 14.0. The van der Waals surface area contributed by atoms with E-state index in [9.17, 15) is 0 Å². The highest BCUT2D eigenvalue weighted by molar-refractivity contribution is 9.10. The van der Waals surface area contributed by atoms with Gasteiger partial charge >= 0.3 is 0 Å². The number of hydrazine groups is 1. The minimum Gasteiger partial charge on any atom is -0.373 e. The molecule has 2 rings (SSSR count). The summed E-state index contributed by atoms with van der Waals surface area (Å²) in [4.78, 5) is 2.39. The summed E-state index contributed by atoms with van der Waals surface area (Å²) in [5.74, 6) is 5.72. The molecule has 3 N–H and O–H groups in total. The van der Waals surface area contributed by atoms with Crippen molar-refractivity contribution in [3.05, 3.63) is 10.3 Å². The molecule has 0 aliphatic carbocycles. The van der Waals surface area contributed by atoms with Gasteiger partial charge in [-0.3, -0.25) is 10.7 Å².